The van der Waals surface area contributed by atoms with Crippen LogP contribution in [0.3, 0.4) is 0 Å². The Hall–Kier alpha value is -5.40. The van der Waals surface area contributed by atoms with Gasteiger partial charge in [-0.05, 0) is 65.8 Å². The largest absolute Gasteiger partial charge is 0.459 e. The van der Waals surface area contributed by atoms with Gasteiger partial charge in [-0.15, -0.1) is 0 Å². The van der Waals surface area contributed by atoms with Gasteiger partial charge in [-0.1, -0.05) is 24.3 Å². The van der Waals surface area contributed by atoms with Crippen LogP contribution in [0.5, 0.6) is 0 Å². The van der Waals surface area contributed by atoms with Crippen molar-refractivity contribution >= 4 is 47.4 Å². The van der Waals surface area contributed by atoms with Crippen LogP contribution in [0.1, 0.15) is 83.0 Å². The van der Waals surface area contributed by atoms with E-state index in [0.29, 0.717) is 19.8 Å². The Morgan fingerprint density at radius 1 is 0.543 bits per heavy atom. The molecule has 242 valence electrons. The molecular weight excluding hydrogens is 600 g/mol. The van der Waals surface area contributed by atoms with Crippen LogP contribution in [-0.4, -0.2) is 105 Å². The fourth-order valence-electron chi connectivity index (χ4n) is 4.81. The minimum Gasteiger partial charge on any atom is -0.459 e. The lowest BCUT2D eigenvalue weighted by Crippen LogP contribution is -2.59. The first-order valence-electron chi connectivity index (χ1n) is 14.3. The van der Waals surface area contributed by atoms with Gasteiger partial charge in [0.25, 0.3) is 35.4 Å². The third-order valence-corrected chi connectivity index (χ3v) is 6.61. The monoisotopic (exact) mass is 634 g/mol. The quantitative estimate of drug-likeness (QED) is 0.237. The van der Waals surface area contributed by atoms with E-state index in [1.165, 1.54) is 24.3 Å². The maximum absolute atomic E-state index is 13.9. The first-order valence-corrected chi connectivity index (χ1v) is 14.3. The molecule has 2 aromatic rings. The summed E-state index contributed by atoms with van der Waals surface area (Å²) in [5.74, 6) is -7.31. The normalized spacial score (nSPS) is 14.2. The lowest BCUT2D eigenvalue weighted by atomic mass is 10.1. The topological polar surface area (TPSA) is 168 Å². The molecule has 2 aliphatic heterocycles. The molecule has 0 unspecified atom stereocenters. The summed E-state index contributed by atoms with van der Waals surface area (Å²) in [6, 6.07) is 11.8. The lowest BCUT2D eigenvalue weighted by Gasteiger charge is -2.36. The minimum atomic E-state index is -1.11. The second-order valence-electron chi connectivity index (χ2n) is 12.6. The molecular formula is C32H34N4O10. The summed E-state index contributed by atoms with van der Waals surface area (Å²) < 4.78 is 10.7. The van der Waals surface area contributed by atoms with Crippen LogP contribution >= 0.6 is 0 Å². The molecule has 14 heteroatoms. The Kier molecular flexibility index (Phi) is 9.13. The van der Waals surface area contributed by atoms with Crippen molar-refractivity contribution in [3.05, 3.63) is 70.8 Å². The molecule has 2 heterocycles. The number of hydrogen-bond acceptors (Lipinski definition) is 10. The predicted molar refractivity (Wildman–Crippen MR) is 159 cm³/mol. The number of benzene rings is 2. The summed E-state index contributed by atoms with van der Waals surface area (Å²) in [4.78, 5) is 107. The van der Waals surface area contributed by atoms with Gasteiger partial charge in [0.05, 0.1) is 22.3 Å². The highest BCUT2D eigenvalue weighted by Crippen LogP contribution is 2.24. The van der Waals surface area contributed by atoms with Crippen molar-refractivity contribution in [1.82, 2.24) is 19.8 Å². The molecule has 0 saturated heterocycles. The lowest BCUT2D eigenvalue weighted by molar-refractivity contribution is -0.181. The molecule has 2 aliphatic rings. The van der Waals surface area contributed by atoms with Crippen LogP contribution in [-0.2, 0) is 28.7 Å². The molecule has 4 rings (SSSR count). The van der Waals surface area contributed by atoms with E-state index in [1.807, 2.05) is 0 Å². The van der Waals surface area contributed by atoms with Gasteiger partial charge in [0.15, 0.2) is 0 Å². The summed E-state index contributed by atoms with van der Waals surface area (Å²) in [6.45, 7) is 5.72. The van der Waals surface area contributed by atoms with Gasteiger partial charge in [0, 0.05) is 0 Å². The number of amides is 6. The molecule has 46 heavy (non-hydrogen) atoms. The summed E-state index contributed by atoms with van der Waals surface area (Å²) in [6.07, 6.45) is 0. The molecule has 0 N–H and O–H groups in total. The van der Waals surface area contributed by atoms with Crippen LogP contribution < -0.4 is 0 Å². The van der Waals surface area contributed by atoms with Crippen molar-refractivity contribution in [1.29, 1.82) is 0 Å². The van der Waals surface area contributed by atoms with Crippen molar-refractivity contribution in [3.63, 3.8) is 0 Å². The molecule has 0 aromatic heterocycles. The molecule has 0 aliphatic carbocycles. The number of hydrogen-bond donors (Lipinski definition) is 0. The first kappa shape index (κ1) is 33.5. The summed E-state index contributed by atoms with van der Waals surface area (Å²) in [7, 11) is 0. The first-order chi connectivity index (χ1) is 21.4. The van der Waals surface area contributed by atoms with Crippen molar-refractivity contribution in [2.75, 3.05) is 26.2 Å². The minimum absolute atomic E-state index is 0.0614. The second kappa shape index (κ2) is 12.5. The average molecular weight is 635 g/mol. The smallest absolute Gasteiger partial charge is 0.328 e. The van der Waals surface area contributed by atoms with Gasteiger partial charge in [-0.2, -0.15) is 0 Å². The van der Waals surface area contributed by atoms with E-state index < -0.39 is 84.8 Å². The Balaban J connectivity index is 1.69. The van der Waals surface area contributed by atoms with E-state index in [4.69, 9.17) is 9.47 Å². The number of esters is 2. The average Bonchev–Trinajstić information content (AvgIpc) is 3.33. The number of hydrazine groups is 1. The van der Waals surface area contributed by atoms with Crippen LogP contribution in [0.15, 0.2) is 48.5 Å². The summed E-state index contributed by atoms with van der Waals surface area (Å²) >= 11 is 0. The molecule has 0 saturated carbocycles. The number of ether oxygens (including phenoxy) is 2. The summed E-state index contributed by atoms with van der Waals surface area (Å²) in [5.41, 5.74) is -1.79. The highest BCUT2D eigenvalue weighted by Gasteiger charge is 2.42. The van der Waals surface area contributed by atoms with E-state index in [-0.39, 0.29) is 22.3 Å². The van der Waals surface area contributed by atoms with Gasteiger partial charge in [-0.25, -0.2) is 10.0 Å². The third-order valence-electron chi connectivity index (χ3n) is 6.61. The number of rotatable bonds is 8. The van der Waals surface area contributed by atoms with Gasteiger partial charge in [-0.3, -0.25) is 48.2 Å². The van der Waals surface area contributed by atoms with Crippen molar-refractivity contribution < 1.29 is 47.8 Å². The van der Waals surface area contributed by atoms with Gasteiger partial charge < -0.3 is 9.47 Å². The molecule has 14 nitrogen and oxygen atoms in total. The van der Waals surface area contributed by atoms with Crippen molar-refractivity contribution in [2.45, 2.75) is 52.7 Å². The second-order valence-corrected chi connectivity index (χ2v) is 12.6. The fourth-order valence-corrected chi connectivity index (χ4v) is 4.81. The third kappa shape index (κ3) is 7.28. The Bertz CT molecular complexity index is 1460. The van der Waals surface area contributed by atoms with Gasteiger partial charge in [0.1, 0.15) is 37.4 Å². The van der Waals surface area contributed by atoms with Crippen molar-refractivity contribution in [3.8, 4) is 0 Å². The maximum atomic E-state index is 13.9. The molecule has 0 spiro atoms. The number of fused-ring (bicyclic) bond motifs is 2. The fraction of sp³-hybridized carbons (Fsp3) is 0.375. The number of nitrogens with zero attached hydrogens (tertiary/aromatic N) is 4. The Morgan fingerprint density at radius 3 is 1.04 bits per heavy atom. The van der Waals surface area contributed by atoms with Crippen LogP contribution in [0.2, 0.25) is 0 Å². The van der Waals surface area contributed by atoms with Crippen molar-refractivity contribution in [2.24, 2.45) is 0 Å². The van der Waals surface area contributed by atoms with E-state index in [2.05, 4.69) is 0 Å². The molecule has 0 bridgehead atoms. The Morgan fingerprint density at radius 2 is 0.804 bits per heavy atom. The van der Waals surface area contributed by atoms with Gasteiger partial charge in [0.2, 0.25) is 0 Å². The number of carbonyl (C=O) groups is 8. The van der Waals surface area contributed by atoms with Gasteiger partial charge >= 0.3 is 11.9 Å². The van der Waals surface area contributed by atoms with Crippen LogP contribution in [0.25, 0.3) is 0 Å². The van der Waals surface area contributed by atoms with E-state index in [9.17, 15) is 38.4 Å². The standard InChI is InChI=1S/C32H34N4O10/c1-31(2,3)45-25(39)17-35(23(37)15-33-27(41)19-11-7-8-12-20(19)28(33)42)36(18-26(40)46-32(4,5)6)24(38)16-34-29(43)21-13-9-10-14-22(21)30(34)44/h7-14H,15-18H2,1-6H3. The van der Waals surface area contributed by atoms with Crippen LogP contribution in [0, 0.1) is 0 Å². The molecule has 2 aromatic carbocycles. The highest BCUT2D eigenvalue weighted by atomic mass is 16.6. The van der Waals surface area contributed by atoms with E-state index in [1.54, 1.807) is 65.8 Å². The highest BCUT2D eigenvalue weighted by molar-refractivity contribution is 6.23. The zero-order valence-electron chi connectivity index (χ0n) is 26.3. The number of imide groups is 2. The SMILES string of the molecule is CC(C)(C)OC(=O)CN(C(=O)CN1C(=O)c2ccccc2C1=O)N(CC(=O)OC(C)(C)C)C(=O)CN1C(=O)c2ccccc2C1=O. The van der Waals surface area contributed by atoms with E-state index >= 15 is 0 Å². The predicted octanol–water partition coefficient (Wildman–Crippen LogP) is 1.83. The molecule has 6 amide bonds. The molecule has 0 fully saturated rings. The zero-order valence-corrected chi connectivity index (χ0v) is 26.3. The van der Waals surface area contributed by atoms with Crippen LogP contribution in [0.4, 0.5) is 0 Å². The molecule has 0 atom stereocenters. The zero-order chi connectivity index (χ0) is 34.1. The molecule has 0 radical (unpaired) electrons. The Labute approximate surface area is 264 Å². The summed E-state index contributed by atoms with van der Waals surface area (Å²) in [5, 5.41) is 1.12. The maximum Gasteiger partial charge on any atom is 0.328 e. The number of carbonyl (C=O) groups excluding carboxylic acids is 8. The van der Waals surface area contributed by atoms with E-state index in [0.717, 1.165) is 0 Å².